The van der Waals surface area contributed by atoms with Crippen molar-refractivity contribution in [2.24, 2.45) is 29.1 Å². The highest BCUT2D eigenvalue weighted by atomic mass is 35.5. The summed E-state index contributed by atoms with van der Waals surface area (Å²) in [6, 6.07) is 11.3. The molecule has 0 radical (unpaired) electrons. The molecule has 0 bridgehead atoms. The summed E-state index contributed by atoms with van der Waals surface area (Å²) in [6.45, 7) is 1.65. The smallest absolute Gasteiger partial charge is 0.339 e. The van der Waals surface area contributed by atoms with Crippen LogP contribution in [0.5, 0.6) is 11.5 Å². The molecule has 240 valence electrons. The van der Waals surface area contributed by atoms with Gasteiger partial charge in [-0.25, -0.2) is 19.0 Å². The topological polar surface area (TPSA) is 153 Å². The minimum absolute atomic E-state index is 0.00344. The maximum Gasteiger partial charge on any atom is 0.339 e. The molecule has 47 heavy (non-hydrogen) atoms. The Labute approximate surface area is 276 Å². The number of benzene rings is 3. The monoisotopic (exact) mass is 678 g/mol. The minimum Gasteiger partial charge on any atom is -0.508 e. The minimum atomic E-state index is -1.43. The average molecular weight is 679 g/mol. The fourth-order valence-electron chi connectivity index (χ4n) is 8.07. The molecule has 4 aliphatic rings. The molecule has 2 aliphatic carbocycles. The first-order valence-electron chi connectivity index (χ1n) is 14.7. The molecule has 1 saturated carbocycles. The molecule has 2 aliphatic heterocycles. The molecule has 7 rings (SSSR count). The number of carbonyl (C=O) groups excluding carboxylic acids is 4. The van der Waals surface area contributed by atoms with Crippen LogP contribution in [0, 0.1) is 34.9 Å². The lowest BCUT2D eigenvalue weighted by Crippen LogP contribution is -2.49. The van der Waals surface area contributed by atoms with Gasteiger partial charge in [-0.15, -0.1) is 0 Å². The number of hydrogen-bond donors (Lipinski definition) is 3. The number of rotatable bonds is 4. The number of halogens is 3. The van der Waals surface area contributed by atoms with Gasteiger partial charge in [0.2, 0.25) is 23.6 Å². The maximum absolute atomic E-state index is 14.4. The number of phenols is 2. The predicted octanol–water partition coefficient (Wildman–Crippen LogP) is 5.68. The highest BCUT2D eigenvalue weighted by molar-refractivity contribution is 6.32. The molecule has 6 unspecified atom stereocenters. The van der Waals surface area contributed by atoms with Crippen molar-refractivity contribution in [1.29, 1.82) is 0 Å². The fourth-order valence-corrected chi connectivity index (χ4v) is 8.53. The molecular formula is C34H25Cl2FN2O8. The van der Waals surface area contributed by atoms with Crippen LogP contribution >= 0.6 is 23.2 Å². The van der Waals surface area contributed by atoms with E-state index in [0.29, 0.717) is 11.1 Å². The largest absolute Gasteiger partial charge is 0.508 e. The van der Waals surface area contributed by atoms with Gasteiger partial charge in [0.05, 0.1) is 39.6 Å². The number of anilines is 2. The molecule has 2 heterocycles. The maximum atomic E-state index is 14.4. The van der Waals surface area contributed by atoms with Gasteiger partial charge in [0.15, 0.2) is 0 Å². The summed E-state index contributed by atoms with van der Waals surface area (Å²) in [5, 5.41) is 29.6. The number of allylic oxidation sites excluding steroid dienone is 2. The van der Waals surface area contributed by atoms with Crippen LogP contribution in [0.4, 0.5) is 15.8 Å². The summed E-state index contributed by atoms with van der Waals surface area (Å²) in [5.74, 6) is -9.43. The van der Waals surface area contributed by atoms with E-state index in [0.717, 1.165) is 28.0 Å². The fraction of sp³-hybridized carbons (Fsp3) is 0.265. The van der Waals surface area contributed by atoms with E-state index in [1.54, 1.807) is 13.0 Å². The lowest BCUT2D eigenvalue weighted by atomic mass is 9.51. The Morgan fingerprint density at radius 2 is 1.57 bits per heavy atom. The second-order valence-electron chi connectivity index (χ2n) is 12.5. The molecule has 0 aromatic heterocycles. The Morgan fingerprint density at radius 1 is 0.872 bits per heavy atom. The van der Waals surface area contributed by atoms with Crippen molar-refractivity contribution in [3.05, 3.63) is 93.2 Å². The summed E-state index contributed by atoms with van der Waals surface area (Å²) in [7, 11) is 0. The molecule has 3 aromatic rings. The Bertz CT molecular complexity index is 2000. The van der Waals surface area contributed by atoms with Crippen LogP contribution < -0.4 is 9.80 Å². The highest BCUT2D eigenvalue weighted by Crippen LogP contribution is 2.64. The van der Waals surface area contributed by atoms with E-state index in [1.165, 1.54) is 30.3 Å². The van der Waals surface area contributed by atoms with E-state index in [4.69, 9.17) is 23.2 Å². The van der Waals surface area contributed by atoms with Gasteiger partial charge in [-0.2, -0.15) is 0 Å². The number of carbonyl (C=O) groups is 5. The standard InChI is InChI=1S/C34H25Cl2FN2O8/c1-34-22(30(43)39(33(34)47)14-3-9-25(37)24(36)10-14)13-21-17(28(34)18-6-4-16(40)12-23(18)35)7-8-20-27(21)31(44)38(29(20)42)15-2-5-19(32(45)46)26(41)11-15/h2-7,9-12,20-22,27-28,40-41H,8,13H2,1H3,(H,45,46). The predicted molar refractivity (Wildman–Crippen MR) is 167 cm³/mol. The van der Waals surface area contributed by atoms with Crippen molar-refractivity contribution in [3.8, 4) is 11.5 Å². The Kier molecular flexibility index (Phi) is 7.00. The average Bonchev–Trinajstić information content (AvgIpc) is 3.38. The Balaban J connectivity index is 1.35. The van der Waals surface area contributed by atoms with Gasteiger partial charge >= 0.3 is 5.97 Å². The number of fused-ring (bicyclic) bond motifs is 4. The van der Waals surface area contributed by atoms with Crippen LogP contribution in [-0.2, 0) is 19.2 Å². The summed E-state index contributed by atoms with van der Waals surface area (Å²) in [6.07, 6.45) is 1.97. The number of aromatic hydroxyl groups is 2. The second-order valence-corrected chi connectivity index (χ2v) is 13.3. The van der Waals surface area contributed by atoms with Crippen molar-refractivity contribution in [2.45, 2.75) is 25.7 Å². The number of aromatic carboxylic acids is 1. The van der Waals surface area contributed by atoms with E-state index in [9.17, 15) is 43.7 Å². The molecule has 3 N–H and O–H groups in total. The zero-order valence-corrected chi connectivity index (χ0v) is 26.0. The van der Waals surface area contributed by atoms with Crippen LogP contribution in [-0.4, -0.2) is 44.9 Å². The Hall–Kier alpha value is -4.74. The van der Waals surface area contributed by atoms with Gasteiger partial charge in [0.25, 0.3) is 0 Å². The zero-order valence-electron chi connectivity index (χ0n) is 24.5. The zero-order chi connectivity index (χ0) is 33.7. The number of imide groups is 2. The van der Waals surface area contributed by atoms with Crippen molar-refractivity contribution >= 4 is 64.2 Å². The Morgan fingerprint density at radius 3 is 2.23 bits per heavy atom. The third-order valence-electron chi connectivity index (χ3n) is 10.2. The highest BCUT2D eigenvalue weighted by Gasteiger charge is 2.68. The van der Waals surface area contributed by atoms with E-state index in [1.807, 2.05) is 6.08 Å². The second kappa shape index (κ2) is 10.6. The first-order valence-corrected chi connectivity index (χ1v) is 15.5. The molecule has 0 spiro atoms. The number of hydrogen-bond acceptors (Lipinski definition) is 7. The quantitative estimate of drug-likeness (QED) is 0.236. The SMILES string of the molecule is CC12C(=O)N(c3ccc(F)c(Cl)c3)C(=O)C1CC1C(=CCC3C(=O)N(c4ccc(C(=O)O)c(O)c4)C(=O)C31)C2c1ccc(O)cc1Cl. The van der Waals surface area contributed by atoms with Crippen LogP contribution in [0.15, 0.2) is 66.2 Å². The summed E-state index contributed by atoms with van der Waals surface area (Å²) < 4.78 is 14.1. The van der Waals surface area contributed by atoms with Crippen molar-refractivity contribution in [1.82, 2.24) is 0 Å². The normalized spacial score (nSPS) is 28.3. The van der Waals surface area contributed by atoms with Gasteiger partial charge in [-0.05, 0) is 73.7 Å². The molecule has 4 amide bonds. The first kappa shape index (κ1) is 30.9. The summed E-state index contributed by atoms with van der Waals surface area (Å²) in [4.78, 5) is 70.0. The molecular weight excluding hydrogens is 654 g/mol. The molecule has 6 atom stereocenters. The molecule has 3 fully saturated rings. The van der Waals surface area contributed by atoms with Crippen LogP contribution in [0.3, 0.4) is 0 Å². The van der Waals surface area contributed by atoms with Crippen molar-refractivity contribution in [2.75, 3.05) is 9.80 Å². The first-order chi connectivity index (χ1) is 22.2. The molecule has 13 heteroatoms. The number of carboxylic acid groups (broad SMARTS) is 1. The van der Waals surface area contributed by atoms with Crippen molar-refractivity contribution < 1.29 is 43.7 Å². The number of phenolic OH excluding ortho intramolecular Hbond substituents is 1. The van der Waals surface area contributed by atoms with Crippen molar-refractivity contribution in [3.63, 3.8) is 0 Å². The van der Waals surface area contributed by atoms with Gasteiger partial charge in [0.1, 0.15) is 22.9 Å². The van der Waals surface area contributed by atoms with E-state index in [2.05, 4.69) is 0 Å². The van der Waals surface area contributed by atoms with Crippen LogP contribution in [0.25, 0.3) is 0 Å². The van der Waals surface area contributed by atoms with Gasteiger partial charge in [-0.1, -0.05) is 40.9 Å². The van der Waals surface area contributed by atoms with Gasteiger partial charge in [0, 0.05) is 17.0 Å². The molecule has 10 nitrogen and oxygen atoms in total. The lowest BCUT2D eigenvalue weighted by molar-refractivity contribution is -0.131. The van der Waals surface area contributed by atoms with Gasteiger partial charge in [-0.3, -0.25) is 19.2 Å². The summed E-state index contributed by atoms with van der Waals surface area (Å²) >= 11 is 12.7. The third kappa shape index (κ3) is 4.33. The summed E-state index contributed by atoms with van der Waals surface area (Å²) in [5.41, 5.74) is -0.665. The van der Waals surface area contributed by atoms with Crippen LogP contribution in [0.2, 0.25) is 10.0 Å². The number of carboxylic acids is 1. The number of amides is 4. The lowest BCUT2D eigenvalue weighted by Gasteiger charge is -2.49. The molecule has 3 aromatic carbocycles. The van der Waals surface area contributed by atoms with E-state index in [-0.39, 0.29) is 40.0 Å². The third-order valence-corrected chi connectivity index (χ3v) is 10.8. The molecule has 2 saturated heterocycles. The van der Waals surface area contributed by atoms with E-state index < -0.39 is 81.7 Å². The number of nitrogens with zero attached hydrogens (tertiary/aromatic N) is 2. The van der Waals surface area contributed by atoms with Crippen LogP contribution in [0.1, 0.15) is 41.6 Å². The van der Waals surface area contributed by atoms with E-state index >= 15 is 0 Å². The van der Waals surface area contributed by atoms with Gasteiger partial charge < -0.3 is 15.3 Å².